The molecule has 0 unspecified atom stereocenters. The molecule has 25 heavy (non-hydrogen) atoms. The zero-order chi connectivity index (χ0) is 17.4. The Balaban J connectivity index is 1.63. The van der Waals surface area contributed by atoms with Gasteiger partial charge in [0.15, 0.2) is 23.2 Å². The third kappa shape index (κ3) is 2.74. The number of rotatable bonds is 5. The lowest BCUT2D eigenvalue weighted by Gasteiger charge is -2.16. The molecule has 3 aromatic rings. The fourth-order valence-electron chi connectivity index (χ4n) is 2.86. The molecule has 0 aromatic carbocycles. The van der Waals surface area contributed by atoms with E-state index in [1.807, 2.05) is 6.07 Å². The second kappa shape index (κ2) is 6.41. The van der Waals surface area contributed by atoms with Crippen molar-refractivity contribution < 1.29 is 24.5 Å². The maximum atomic E-state index is 10.2. The molecular formula is C15H17N5O5. The maximum absolute atomic E-state index is 10.2. The Labute approximate surface area is 141 Å². The fraction of sp³-hybridized carbons (Fsp3) is 0.400. The van der Waals surface area contributed by atoms with Crippen molar-refractivity contribution >= 4 is 17.0 Å². The molecule has 4 rings (SSSR count). The summed E-state index contributed by atoms with van der Waals surface area (Å²) in [6.45, 7) is 0.0338. The molecule has 1 aliphatic heterocycles. The van der Waals surface area contributed by atoms with Crippen LogP contribution in [-0.4, -0.2) is 59.8 Å². The number of fused-ring (bicyclic) bond motifs is 1. The normalized spacial score (nSPS) is 26.4. The summed E-state index contributed by atoms with van der Waals surface area (Å²) in [5, 5.41) is 32.4. The van der Waals surface area contributed by atoms with E-state index in [-0.39, 0.29) is 0 Å². The van der Waals surface area contributed by atoms with Gasteiger partial charge in [0.05, 0.1) is 25.7 Å². The number of nitrogens with zero attached hydrogens (tertiary/aromatic N) is 4. The first-order valence-electron chi connectivity index (χ1n) is 7.75. The Hall–Kier alpha value is -2.53. The van der Waals surface area contributed by atoms with Crippen molar-refractivity contribution in [3.8, 4) is 0 Å². The van der Waals surface area contributed by atoms with Gasteiger partial charge in [0.2, 0.25) is 0 Å². The molecule has 4 atom stereocenters. The number of imidazole rings is 1. The zero-order valence-corrected chi connectivity index (χ0v) is 13.1. The van der Waals surface area contributed by atoms with Gasteiger partial charge in [-0.05, 0) is 12.1 Å². The van der Waals surface area contributed by atoms with Crippen LogP contribution in [0.15, 0.2) is 35.5 Å². The molecular weight excluding hydrogens is 330 g/mol. The molecule has 3 aromatic heterocycles. The minimum absolute atomic E-state index is 0.397. The lowest BCUT2D eigenvalue weighted by atomic mass is 10.1. The van der Waals surface area contributed by atoms with E-state index in [0.29, 0.717) is 23.5 Å². The number of hydrogen-bond donors (Lipinski definition) is 4. The van der Waals surface area contributed by atoms with E-state index in [1.165, 1.54) is 17.2 Å². The highest BCUT2D eigenvalue weighted by atomic mass is 16.6. The predicted molar refractivity (Wildman–Crippen MR) is 84.4 cm³/mol. The molecule has 0 aliphatic carbocycles. The van der Waals surface area contributed by atoms with E-state index in [4.69, 9.17) is 9.15 Å². The fourth-order valence-corrected chi connectivity index (χ4v) is 2.86. The molecule has 0 radical (unpaired) electrons. The lowest BCUT2D eigenvalue weighted by molar-refractivity contribution is -0.0511. The summed E-state index contributed by atoms with van der Waals surface area (Å²) in [6, 6.07) is 3.63. The molecule has 4 heterocycles. The zero-order valence-electron chi connectivity index (χ0n) is 13.1. The van der Waals surface area contributed by atoms with Gasteiger partial charge in [-0.2, -0.15) is 0 Å². The average Bonchev–Trinajstić information content (AvgIpc) is 3.34. The Morgan fingerprint density at radius 3 is 2.80 bits per heavy atom. The topological polar surface area (TPSA) is 139 Å². The second-order valence-corrected chi connectivity index (χ2v) is 5.71. The summed E-state index contributed by atoms with van der Waals surface area (Å²) in [4.78, 5) is 12.7. The molecule has 1 aliphatic rings. The molecule has 1 fully saturated rings. The van der Waals surface area contributed by atoms with Crippen molar-refractivity contribution in [1.29, 1.82) is 0 Å². The van der Waals surface area contributed by atoms with Gasteiger partial charge >= 0.3 is 0 Å². The number of anilines is 1. The SMILES string of the molecule is OC[C@@H]1O[C@H](n2cnc3c(NCc4ccco4)ncnc32)[C@H](O)[C@H]1O. The van der Waals surface area contributed by atoms with Crippen LogP contribution in [0.1, 0.15) is 12.0 Å². The van der Waals surface area contributed by atoms with Gasteiger partial charge in [0, 0.05) is 0 Å². The number of ether oxygens (including phenoxy) is 1. The molecule has 0 bridgehead atoms. The molecule has 132 valence electrons. The van der Waals surface area contributed by atoms with E-state index >= 15 is 0 Å². The Kier molecular flexibility index (Phi) is 4.09. The highest BCUT2D eigenvalue weighted by Crippen LogP contribution is 2.32. The van der Waals surface area contributed by atoms with Crippen LogP contribution in [0.4, 0.5) is 5.82 Å². The number of hydrogen-bond acceptors (Lipinski definition) is 9. The van der Waals surface area contributed by atoms with Gasteiger partial charge < -0.3 is 29.8 Å². The van der Waals surface area contributed by atoms with Crippen molar-refractivity contribution in [2.75, 3.05) is 11.9 Å². The smallest absolute Gasteiger partial charge is 0.167 e. The summed E-state index contributed by atoms with van der Waals surface area (Å²) in [5.74, 6) is 1.25. The van der Waals surface area contributed by atoms with E-state index < -0.39 is 31.1 Å². The van der Waals surface area contributed by atoms with E-state index in [1.54, 1.807) is 12.3 Å². The predicted octanol–water partition coefficient (Wildman–Crippen LogP) is -0.357. The van der Waals surface area contributed by atoms with Crippen molar-refractivity contribution in [2.45, 2.75) is 31.1 Å². The first-order chi connectivity index (χ1) is 12.2. The van der Waals surface area contributed by atoms with E-state index in [9.17, 15) is 15.3 Å². The first-order valence-corrected chi connectivity index (χ1v) is 7.75. The van der Waals surface area contributed by atoms with Crippen LogP contribution in [0.2, 0.25) is 0 Å². The first kappa shape index (κ1) is 16.0. The van der Waals surface area contributed by atoms with E-state index in [2.05, 4.69) is 20.3 Å². The molecule has 10 heteroatoms. The maximum Gasteiger partial charge on any atom is 0.167 e. The van der Waals surface area contributed by atoms with Crippen LogP contribution >= 0.6 is 0 Å². The number of aliphatic hydroxyl groups is 3. The van der Waals surface area contributed by atoms with Gasteiger partial charge in [0.25, 0.3) is 0 Å². The summed E-state index contributed by atoms with van der Waals surface area (Å²) in [5.41, 5.74) is 0.929. The van der Waals surface area contributed by atoms with Gasteiger partial charge in [-0.1, -0.05) is 0 Å². The molecule has 10 nitrogen and oxygen atoms in total. The van der Waals surface area contributed by atoms with Crippen LogP contribution in [0, 0.1) is 0 Å². The Morgan fingerprint density at radius 2 is 2.08 bits per heavy atom. The molecule has 0 spiro atoms. The monoisotopic (exact) mass is 347 g/mol. The molecule has 0 saturated carbocycles. The van der Waals surface area contributed by atoms with Crippen LogP contribution < -0.4 is 5.32 Å². The Morgan fingerprint density at radius 1 is 1.20 bits per heavy atom. The van der Waals surface area contributed by atoms with Gasteiger partial charge in [0.1, 0.15) is 30.4 Å². The van der Waals surface area contributed by atoms with Crippen LogP contribution in [0.3, 0.4) is 0 Å². The van der Waals surface area contributed by atoms with Crippen LogP contribution in [0.5, 0.6) is 0 Å². The number of aromatic nitrogens is 4. The summed E-state index contributed by atoms with van der Waals surface area (Å²) in [6.07, 6.45) is 0.253. The van der Waals surface area contributed by atoms with Gasteiger partial charge in [-0.25, -0.2) is 15.0 Å². The number of furan rings is 1. The van der Waals surface area contributed by atoms with Crippen molar-refractivity contribution in [1.82, 2.24) is 19.5 Å². The number of nitrogens with one attached hydrogen (secondary N) is 1. The second-order valence-electron chi connectivity index (χ2n) is 5.71. The minimum atomic E-state index is -1.20. The molecule has 4 N–H and O–H groups in total. The number of aliphatic hydroxyl groups excluding tert-OH is 3. The van der Waals surface area contributed by atoms with Crippen molar-refractivity contribution in [2.24, 2.45) is 0 Å². The van der Waals surface area contributed by atoms with Gasteiger partial charge in [-0.15, -0.1) is 0 Å². The third-order valence-electron chi connectivity index (χ3n) is 4.16. The third-order valence-corrected chi connectivity index (χ3v) is 4.16. The summed E-state index contributed by atoms with van der Waals surface area (Å²) >= 11 is 0. The van der Waals surface area contributed by atoms with Crippen LogP contribution in [-0.2, 0) is 11.3 Å². The highest BCUT2D eigenvalue weighted by molar-refractivity contribution is 5.82. The summed E-state index contributed by atoms with van der Waals surface area (Å²) < 4.78 is 12.3. The minimum Gasteiger partial charge on any atom is -0.467 e. The highest BCUT2D eigenvalue weighted by Gasteiger charge is 2.44. The van der Waals surface area contributed by atoms with Crippen LogP contribution in [0.25, 0.3) is 11.2 Å². The quantitative estimate of drug-likeness (QED) is 0.487. The standard InChI is InChI=1S/C15H17N5O5/c21-5-9-11(22)12(23)15(25-9)20-7-19-10-13(17-6-18-14(10)20)16-4-8-2-1-3-24-8/h1-3,6-7,9,11-12,15,21-23H,4-5H2,(H,16,17,18)/t9-,11-,12+,15-/m0/s1. The van der Waals surface area contributed by atoms with Crippen molar-refractivity contribution in [3.63, 3.8) is 0 Å². The largest absolute Gasteiger partial charge is 0.467 e. The average molecular weight is 347 g/mol. The van der Waals surface area contributed by atoms with Gasteiger partial charge in [-0.3, -0.25) is 4.57 Å². The molecule has 1 saturated heterocycles. The van der Waals surface area contributed by atoms with Crippen molar-refractivity contribution in [3.05, 3.63) is 36.8 Å². The molecule has 0 amide bonds. The lowest BCUT2D eigenvalue weighted by Crippen LogP contribution is -2.33. The summed E-state index contributed by atoms with van der Waals surface area (Å²) in [7, 11) is 0. The Bertz CT molecular complexity index is 851. The van der Waals surface area contributed by atoms with E-state index in [0.717, 1.165) is 5.76 Å².